The minimum Gasteiger partial charge on any atom is -0.493 e. The first-order valence-electron chi connectivity index (χ1n) is 6.75. The van der Waals surface area contributed by atoms with Crippen molar-refractivity contribution in [2.75, 3.05) is 11.9 Å². The van der Waals surface area contributed by atoms with Gasteiger partial charge in [-0.1, -0.05) is 33.6 Å². The van der Waals surface area contributed by atoms with Gasteiger partial charge in [0.2, 0.25) is 5.91 Å². The number of rotatable bonds is 5. The van der Waals surface area contributed by atoms with E-state index in [0.717, 1.165) is 15.8 Å². The fraction of sp³-hybridized carbons (Fsp3) is 0.118. The number of nitrogens with one attached hydrogen (secondary N) is 1. The maximum atomic E-state index is 12.0. The lowest BCUT2D eigenvalue weighted by Gasteiger charge is -2.07. The quantitative estimate of drug-likeness (QED) is 0.728. The zero-order valence-electron chi connectivity index (χ0n) is 12.0. The van der Waals surface area contributed by atoms with E-state index in [4.69, 9.17) is 16.3 Å². The first-order chi connectivity index (χ1) is 10.6. The molecular weight excluding hydrogens is 366 g/mol. The van der Waals surface area contributed by atoms with Crippen molar-refractivity contribution in [3.8, 4) is 5.75 Å². The Balaban J connectivity index is 2.11. The van der Waals surface area contributed by atoms with E-state index in [2.05, 4.69) is 21.2 Å². The lowest BCUT2D eigenvalue weighted by molar-refractivity contribution is -0.111. The number of halogens is 2. The normalized spacial score (nSPS) is 10.7. The number of carbonyl (C=O) groups excluding carboxylic acids is 1. The molecule has 0 heterocycles. The van der Waals surface area contributed by atoms with Gasteiger partial charge in [-0.05, 0) is 49.4 Å². The Morgan fingerprint density at radius 3 is 2.86 bits per heavy atom. The number of carbonyl (C=O) groups is 1. The molecule has 2 aromatic rings. The molecule has 5 heteroatoms. The highest BCUT2D eigenvalue weighted by atomic mass is 79.9. The molecule has 0 saturated heterocycles. The maximum absolute atomic E-state index is 12.0. The molecule has 2 rings (SSSR count). The van der Waals surface area contributed by atoms with Gasteiger partial charge < -0.3 is 10.1 Å². The van der Waals surface area contributed by atoms with Gasteiger partial charge in [0, 0.05) is 26.8 Å². The highest BCUT2D eigenvalue weighted by Crippen LogP contribution is 2.24. The van der Waals surface area contributed by atoms with E-state index in [1.165, 1.54) is 6.08 Å². The third kappa shape index (κ3) is 4.90. The minimum atomic E-state index is -0.232. The van der Waals surface area contributed by atoms with Crippen LogP contribution in [0.5, 0.6) is 5.75 Å². The Bertz CT molecular complexity index is 701. The van der Waals surface area contributed by atoms with Crippen molar-refractivity contribution >= 4 is 45.2 Å². The van der Waals surface area contributed by atoms with Crippen LogP contribution in [-0.2, 0) is 4.79 Å². The molecule has 0 aliphatic heterocycles. The summed E-state index contributed by atoms with van der Waals surface area (Å²) >= 11 is 9.29. The van der Waals surface area contributed by atoms with Crippen LogP contribution in [0.1, 0.15) is 12.5 Å². The van der Waals surface area contributed by atoms with Crippen LogP contribution in [0, 0.1) is 0 Å². The molecule has 22 heavy (non-hydrogen) atoms. The predicted octanol–water partition coefficient (Wildman–Crippen LogP) is 5.15. The molecule has 0 spiro atoms. The molecule has 0 atom stereocenters. The molecule has 0 aliphatic rings. The third-order valence-electron chi connectivity index (χ3n) is 2.78. The van der Waals surface area contributed by atoms with Gasteiger partial charge in [0.15, 0.2) is 0 Å². The van der Waals surface area contributed by atoms with E-state index in [9.17, 15) is 4.79 Å². The molecule has 114 valence electrons. The van der Waals surface area contributed by atoms with E-state index < -0.39 is 0 Å². The SMILES string of the molecule is CCOc1ccc(Br)cc1/C=C/C(=O)Nc1cccc(Cl)c1. The Hall–Kier alpha value is -1.78. The van der Waals surface area contributed by atoms with Crippen molar-refractivity contribution in [1.29, 1.82) is 0 Å². The van der Waals surface area contributed by atoms with Gasteiger partial charge in [-0.3, -0.25) is 4.79 Å². The number of hydrogen-bond acceptors (Lipinski definition) is 2. The summed E-state index contributed by atoms with van der Waals surface area (Å²) in [5, 5.41) is 3.33. The minimum absolute atomic E-state index is 0.232. The lowest BCUT2D eigenvalue weighted by atomic mass is 10.2. The summed E-state index contributed by atoms with van der Waals surface area (Å²) in [6.07, 6.45) is 3.18. The average Bonchev–Trinajstić information content (AvgIpc) is 2.48. The van der Waals surface area contributed by atoms with E-state index in [0.29, 0.717) is 17.3 Å². The van der Waals surface area contributed by atoms with Gasteiger partial charge in [-0.15, -0.1) is 0 Å². The standard InChI is InChI=1S/C17H15BrClNO2/c1-2-22-16-8-7-13(18)10-12(16)6-9-17(21)20-15-5-3-4-14(19)11-15/h3-11H,2H2,1H3,(H,20,21)/b9-6+. The van der Waals surface area contributed by atoms with Crippen molar-refractivity contribution in [2.24, 2.45) is 0 Å². The van der Waals surface area contributed by atoms with Crippen LogP contribution in [0.2, 0.25) is 5.02 Å². The van der Waals surface area contributed by atoms with Crippen molar-refractivity contribution in [1.82, 2.24) is 0 Å². The largest absolute Gasteiger partial charge is 0.493 e. The average molecular weight is 381 g/mol. The molecule has 3 nitrogen and oxygen atoms in total. The summed E-state index contributed by atoms with van der Waals surface area (Å²) < 4.78 is 6.46. The predicted molar refractivity (Wildman–Crippen MR) is 94.4 cm³/mol. The molecule has 0 radical (unpaired) electrons. The Morgan fingerprint density at radius 1 is 1.32 bits per heavy atom. The van der Waals surface area contributed by atoms with E-state index in [-0.39, 0.29) is 5.91 Å². The lowest BCUT2D eigenvalue weighted by Crippen LogP contribution is -2.07. The molecule has 0 aromatic heterocycles. The fourth-order valence-corrected chi connectivity index (χ4v) is 2.42. The molecule has 2 aromatic carbocycles. The van der Waals surface area contributed by atoms with Crippen molar-refractivity contribution in [3.63, 3.8) is 0 Å². The second-order valence-electron chi connectivity index (χ2n) is 4.45. The van der Waals surface area contributed by atoms with Crippen LogP contribution in [-0.4, -0.2) is 12.5 Å². The van der Waals surface area contributed by atoms with Gasteiger partial charge in [0.1, 0.15) is 5.75 Å². The van der Waals surface area contributed by atoms with Crippen molar-refractivity contribution in [2.45, 2.75) is 6.92 Å². The van der Waals surface area contributed by atoms with Crippen LogP contribution < -0.4 is 10.1 Å². The molecular formula is C17H15BrClNO2. The fourth-order valence-electron chi connectivity index (χ4n) is 1.85. The monoisotopic (exact) mass is 379 g/mol. The zero-order valence-corrected chi connectivity index (χ0v) is 14.3. The molecule has 1 N–H and O–H groups in total. The summed E-state index contributed by atoms with van der Waals surface area (Å²) in [5.41, 5.74) is 1.49. The highest BCUT2D eigenvalue weighted by molar-refractivity contribution is 9.10. The number of amides is 1. The van der Waals surface area contributed by atoms with Crippen molar-refractivity contribution < 1.29 is 9.53 Å². The summed E-state index contributed by atoms with van der Waals surface area (Å²) in [6.45, 7) is 2.48. The Kier molecular flexibility index (Phi) is 6.04. The van der Waals surface area contributed by atoms with Crippen LogP contribution in [0.3, 0.4) is 0 Å². The second kappa shape index (κ2) is 8.01. The Labute approximate surface area is 143 Å². The first kappa shape index (κ1) is 16.6. The smallest absolute Gasteiger partial charge is 0.248 e. The van der Waals surface area contributed by atoms with Crippen LogP contribution >= 0.6 is 27.5 Å². The summed E-state index contributed by atoms with van der Waals surface area (Å²) in [4.78, 5) is 12.0. The zero-order chi connectivity index (χ0) is 15.9. The van der Waals surface area contributed by atoms with E-state index in [1.54, 1.807) is 30.3 Å². The van der Waals surface area contributed by atoms with Crippen molar-refractivity contribution in [3.05, 3.63) is 63.6 Å². The number of anilines is 1. The maximum Gasteiger partial charge on any atom is 0.248 e. The van der Waals surface area contributed by atoms with Gasteiger partial charge in [0.25, 0.3) is 0 Å². The van der Waals surface area contributed by atoms with Gasteiger partial charge in [-0.2, -0.15) is 0 Å². The van der Waals surface area contributed by atoms with Gasteiger partial charge in [0.05, 0.1) is 6.61 Å². The van der Waals surface area contributed by atoms with E-state index >= 15 is 0 Å². The summed E-state index contributed by atoms with van der Waals surface area (Å²) in [7, 11) is 0. The van der Waals surface area contributed by atoms with Crippen LogP contribution in [0.25, 0.3) is 6.08 Å². The number of ether oxygens (including phenoxy) is 1. The molecule has 1 amide bonds. The molecule has 0 unspecified atom stereocenters. The van der Waals surface area contributed by atoms with Crippen LogP contribution in [0.4, 0.5) is 5.69 Å². The molecule has 0 bridgehead atoms. The third-order valence-corrected chi connectivity index (χ3v) is 3.51. The van der Waals surface area contributed by atoms with Crippen LogP contribution in [0.15, 0.2) is 53.0 Å². The van der Waals surface area contributed by atoms with Gasteiger partial charge in [-0.25, -0.2) is 0 Å². The highest BCUT2D eigenvalue weighted by Gasteiger charge is 2.03. The number of hydrogen-bond donors (Lipinski definition) is 1. The first-order valence-corrected chi connectivity index (χ1v) is 7.92. The summed E-state index contributed by atoms with van der Waals surface area (Å²) in [5.74, 6) is 0.502. The second-order valence-corrected chi connectivity index (χ2v) is 5.80. The number of benzene rings is 2. The molecule has 0 saturated carbocycles. The Morgan fingerprint density at radius 2 is 2.14 bits per heavy atom. The molecule has 0 fully saturated rings. The topological polar surface area (TPSA) is 38.3 Å². The summed E-state index contributed by atoms with van der Waals surface area (Å²) in [6, 6.07) is 12.7. The van der Waals surface area contributed by atoms with Gasteiger partial charge >= 0.3 is 0 Å². The van der Waals surface area contributed by atoms with E-state index in [1.807, 2.05) is 25.1 Å². The molecule has 0 aliphatic carbocycles.